The second-order valence-corrected chi connectivity index (χ2v) is 5.82. The maximum Gasteiger partial charge on any atom is 0.0336 e. The van der Waals surface area contributed by atoms with Gasteiger partial charge in [0.15, 0.2) is 0 Å². The minimum absolute atomic E-state index is 0.502. The Hall–Kier alpha value is 0.570. The lowest BCUT2D eigenvalue weighted by Gasteiger charge is -2.37. The van der Waals surface area contributed by atoms with Gasteiger partial charge in [-0.2, -0.15) is 11.8 Å². The smallest absolute Gasteiger partial charge is 0.0336 e. The third-order valence-corrected chi connectivity index (χ3v) is 3.93. The summed E-state index contributed by atoms with van der Waals surface area (Å²) in [7, 11) is 0. The highest BCUT2D eigenvalue weighted by Crippen LogP contribution is 2.44. The molecule has 0 heterocycles. The molecule has 1 unspecified atom stereocenters. The fourth-order valence-corrected chi connectivity index (χ4v) is 2.34. The van der Waals surface area contributed by atoms with E-state index in [0.717, 1.165) is 0 Å². The lowest BCUT2D eigenvalue weighted by molar-refractivity contribution is 0.431. The van der Waals surface area contributed by atoms with Crippen LogP contribution in [-0.4, -0.2) is 15.8 Å². The van der Waals surface area contributed by atoms with Gasteiger partial charge in [-0.05, 0) is 26.0 Å². The van der Waals surface area contributed by atoms with Crippen LogP contribution in [0.3, 0.4) is 0 Å². The Kier molecular flexibility index (Phi) is 3.51. The minimum Gasteiger partial charge on any atom is -0.154 e. The minimum atomic E-state index is 0.502. The van der Waals surface area contributed by atoms with E-state index in [1.807, 2.05) is 11.8 Å². The molecule has 0 aromatic heterocycles. The van der Waals surface area contributed by atoms with E-state index < -0.39 is 0 Å². The van der Waals surface area contributed by atoms with Crippen molar-refractivity contribution in [1.82, 2.24) is 0 Å². The summed E-state index contributed by atoms with van der Waals surface area (Å²) in [5, 5.41) is 0. The first-order valence-electron chi connectivity index (χ1n) is 4.07. The Morgan fingerprint density at radius 3 is 2.45 bits per heavy atom. The van der Waals surface area contributed by atoms with Crippen LogP contribution < -0.4 is 0 Å². The first-order chi connectivity index (χ1) is 5.18. The fourth-order valence-electron chi connectivity index (χ4n) is 1.27. The van der Waals surface area contributed by atoms with Crippen molar-refractivity contribution in [2.75, 3.05) is 6.26 Å². The molecule has 11 heavy (non-hydrogen) atoms. The summed E-state index contributed by atoms with van der Waals surface area (Å²) < 4.78 is 0.502. The Balaban J connectivity index is 2.44. The summed E-state index contributed by atoms with van der Waals surface area (Å²) in [6.07, 6.45) is 11.0. The molecule has 0 aromatic rings. The van der Waals surface area contributed by atoms with Gasteiger partial charge < -0.3 is 0 Å². The van der Waals surface area contributed by atoms with Crippen LogP contribution in [0.15, 0.2) is 12.2 Å². The molecule has 0 spiro atoms. The quantitative estimate of drug-likeness (QED) is 0.532. The number of rotatable bonds is 3. The maximum absolute atomic E-state index is 3.51. The summed E-state index contributed by atoms with van der Waals surface area (Å²) in [4.78, 5) is 0.520. The highest BCUT2D eigenvalue weighted by atomic mass is 79.9. The largest absolute Gasteiger partial charge is 0.154 e. The van der Waals surface area contributed by atoms with E-state index in [1.165, 1.54) is 19.3 Å². The summed E-state index contributed by atoms with van der Waals surface area (Å²) in [5.74, 6) is 0. The van der Waals surface area contributed by atoms with Crippen molar-refractivity contribution in [3.8, 4) is 0 Å². The maximum atomic E-state index is 3.51. The number of hydrogen-bond acceptors (Lipinski definition) is 1. The van der Waals surface area contributed by atoms with Crippen LogP contribution in [-0.2, 0) is 0 Å². The van der Waals surface area contributed by atoms with Gasteiger partial charge in [0.2, 0.25) is 0 Å². The standard InChI is InChI=1S/C9H15BrS/c1-8(10)4-7-9(11-2)5-3-6-9/h4,7-8H,3,5-6H2,1-2H3/b7-4+. The van der Waals surface area contributed by atoms with Crippen LogP contribution in [0.4, 0.5) is 0 Å². The molecule has 1 aliphatic rings. The lowest BCUT2D eigenvalue weighted by atomic mass is 9.84. The SMILES string of the molecule is CSC1(/C=C/C(C)Br)CCC1. The molecular weight excluding hydrogens is 220 g/mol. The van der Waals surface area contributed by atoms with Gasteiger partial charge in [0.25, 0.3) is 0 Å². The topological polar surface area (TPSA) is 0 Å². The lowest BCUT2D eigenvalue weighted by Crippen LogP contribution is -2.30. The Morgan fingerprint density at radius 2 is 2.18 bits per heavy atom. The van der Waals surface area contributed by atoms with Gasteiger partial charge in [-0.25, -0.2) is 0 Å². The molecule has 64 valence electrons. The van der Waals surface area contributed by atoms with Crippen LogP contribution in [0, 0.1) is 0 Å². The average Bonchev–Trinajstić information content (AvgIpc) is 1.86. The van der Waals surface area contributed by atoms with Crippen molar-refractivity contribution < 1.29 is 0 Å². The molecular formula is C9H15BrS. The van der Waals surface area contributed by atoms with Gasteiger partial charge in [-0.1, -0.05) is 34.5 Å². The molecule has 0 nitrogen and oxygen atoms in total. The molecule has 1 saturated carbocycles. The van der Waals surface area contributed by atoms with Crippen molar-refractivity contribution in [3.63, 3.8) is 0 Å². The third kappa shape index (κ3) is 2.51. The number of hydrogen-bond donors (Lipinski definition) is 0. The zero-order valence-corrected chi connectivity index (χ0v) is 9.54. The van der Waals surface area contributed by atoms with Crippen LogP contribution in [0.25, 0.3) is 0 Å². The number of alkyl halides is 1. The molecule has 1 rings (SSSR count). The molecule has 1 fully saturated rings. The van der Waals surface area contributed by atoms with Gasteiger partial charge in [0.05, 0.1) is 0 Å². The van der Waals surface area contributed by atoms with Crippen LogP contribution in [0.5, 0.6) is 0 Å². The Bertz CT molecular complexity index is 142. The normalized spacial score (nSPS) is 25.0. The van der Waals surface area contributed by atoms with Crippen LogP contribution in [0.1, 0.15) is 26.2 Å². The van der Waals surface area contributed by atoms with Crippen LogP contribution >= 0.6 is 27.7 Å². The average molecular weight is 235 g/mol. The predicted molar refractivity (Wildman–Crippen MR) is 57.6 cm³/mol. The second-order valence-electron chi connectivity index (χ2n) is 3.16. The molecule has 0 aromatic carbocycles. The van der Waals surface area contributed by atoms with Crippen molar-refractivity contribution >= 4 is 27.7 Å². The predicted octanol–water partition coefficient (Wildman–Crippen LogP) is 3.61. The molecule has 1 aliphatic carbocycles. The zero-order chi connectivity index (χ0) is 8.32. The molecule has 0 N–H and O–H groups in total. The number of allylic oxidation sites excluding steroid dienone is 1. The molecule has 0 aliphatic heterocycles. The molecule has 2 heteroatoms. The molecule has 0 radical (unpaired) electrons. The van der Waals surface area contributed by atoms with Gasteiger partial charge in [0.1, 0.15) is 0 Å². The van der Waals surface area contributed by atoms with Gasteiger partial charge in [0, 0.05) is 9.57 Å². The van der Waals surface area contributed by atoms with E-state index in [9.17, 15) is 0 Å². The molecule has 0 amide bonds. The second kappa shape index (κ2) is 3.99. The fraction of sp³-hybridized carbons (Fsp3) is 0.778. The highest BCUT2D eigenvalue weighted by molar-refractivity contribution is 9.09. The van der Waals surface area contributed by atoms with Crippen molar-refractivity contribution in [2.24, 2.45) is 0 Å². The highest BCUT2D eigenvalue weighted by Gasteiger charge is 2.32. The molecule has 0 bridgehead atoms. The number of halogens is 1. The monoisotopic (exact) mass is 234 g/mol. The Morgan fingerprint density at radius 1 is 1.55 bits per heavy atom. The van der Waals surface area contributed by atoms with E-state index >= 15 is 0 Å². The van der Waals surface area contributed by atoms with Crippen molar-refractivity contribution in [2.45, 2.75) is 35.8 Å². The third-order valence-electron chi connectivity index (χ3n) is 2.27. The molecule has 0 saturated heterocycles. The summed E-state index contributed by atoms with van der Waals surface area (Å²) in [6, 6.07) is 0. The summed E-state index contributed by atoms with van der Waals surface area (Å²) in [6.45, 7) is 2.16. The Labute approximate surface area is 82.0 Å². The van der Waals surface area contributed by atoms with Gasteiger partial charge in [-0.15, -0.1) is 0 Å². The van der Waals surface area contributed by atoms with E-state index in [2.05, 4.69) is 41.3 Å². The van der Waals surface area contributed by atoms with E-state index in [0.29, 0.717) is 9.57 Å². The number of thioether (sulfide) groups is 1. The van der Waals surface area contributed by atoms with Gasteiger partial charge >= 0.3 is 0 Å². The van der Waals surface area contributed by atoms with Crippen molar-refractivity contribution in [3.05, 3.63) is 12.2 Å². The first kappa shape index (κ1) is 9.66. The van der Waals surface area contributed by atoms with E-state index in [4.69, 9.17) is 0 Å². The van der Waals surface area contributed by atoms with Crippen LogP contribution in [0.2, 0.25) is 0 Å². The summed E-state index contributed by atoms with van der Waals surface area (Å²) >= 11 is 5.51. The summed E-state index contributed by atoms with van der Waals surface area (Å²) in [5.41, 5.74) is 0. The van der Waals surface area contributed by atoms with Gasteiger partial charge in [-0.3, -0.25) is 0 Å². The first-order valence-corrected chi connectivity index (χ1v) is 6.21. The zero-order valence-electron chi connectivity index (χ0n) is 7.14. The molecule has 1 atom stereocenters. The van der Waals surface area contributed by atoms with Crippen molar-refractivity contribution in [1.29, 1.82) is 0 Å². The van der Waals surface area contributed by atoms with E-state index in [-0.39, 0.29) is 0 Å². The van der Waals surface area contributed by atoms with E-state index in [1.54, 1.807) is 0 Å².